The molecular weight excluding hydrogens is 313 g/mol. The van der Waals surface area contributed by atoms with Crippen LogP contribution >= 0.6 is 11.6 Å². The standard InChI is InChI=1S/C12H6ClF3N2O3/c13-8-2-1-6(5-7(8)10(19)20)21-11-17-4-3-9(18-11)12(14,15)16/h1-5H,(H,19,20). The van der Waals surface area contributed by atoms with Crippen LogP contribution in [0.15, 0.2) is 30.5 Å². The van der Waals surface area contributed by atoms with Gasteiger partial charge in [0, 0.05) is 6.20 Å². The highest BCUT2D eigenvalue weighted by molar-refractivity contribution is 6.33. The third-order valence-corrected chi connectivity index (χ3v) is 2.63. The van der Waals surface area contributed by atoms with E-state index in [-0.39, 0.29) is 16.3 Å². The quantitative estimate of drug-likeness (QED) is 0.935. The first kappa shape index (κ1) is 15.0. The maximum Gasteiger partial charge on any atom is 0.433 e. The molecule has 1 aromatic carbocycles. The maximum atomic E-state index is 12.5. The van der Waals surface area contributed by atoms with Crippen molar-refractivity contribution in [1.82, 2.24) is 9.97 Å². The Kier molecular flexibility index (Phi) is 3.99. The molecule has 0 saturated heterocycles. The van der Waals surface area contributed by atoms with Crippen LogP contribution in [0.25, 0.3) is 0 Å². The Labute approximate surface area is 121 Å². The van der Waals surface area contributed by atoms with Crippen molar-refractivity contribution < 1.29 is 27.8 Å². The lowest BCUT2D eigenvalue weighted by Crippen LogP contribution is -2.09. The van der Waals surface area contributed by atoms with Crippen LogP contribution in [0, 0.1) is 0 Å². The van der Waals surface area contributed by atoms with Crippen molar-refractivity contribution in [2.45, 2.75) is 6.18 Å². The highest BCUT2D eigenvalue weighted by atomic mass is 35.5. The molecule has 2 rings (SSSR count). The molecule has 21 heavy (non-hydrogen) atoms. The summed E-state index contributed by atoms with van der Waals surface area (Å²) in [4.78, 5) is 17.6. The maximum absolute atomic E-state index is 12.5. The van der Waals surface area contributed by atoms with Gasteiger partial charge in [-0.15, -0.1) is 0 Å². The van der Waals surface area contributed by atoms with Crippen LogP contribution in [0.3, 0.4) is 0 Å². The molecule has 0 saturated carbocycles. The molecule has 2 aromatic rings. The van der Waals surface area contributed by atoms with Crippen molar-refractivity contribution in [3.8, 4) is 11.8 Å². The molecule has 9 heteroatoms. The lowest BCUT2D eigenvalue weighted by Gasteiger charge is -2.08. The number of aromatic nitrogens is 2. The number of nitrogens with zero attached hydrogens (tertiary/aromatic N) is 2. The average Bonchev–Trinajstić information content (AvgIpc) is 2.40. The van der Waals surface area contributed by atoms with Gasteiger partial charge in [0.2, 0.25) is 0 Å². The summed E-state index contributed by atoms with van der Waals surface area (Å²) in [6.45, 7) is 0. The highest BCUT2D eigenvalue weighted by Crippen LogP contribution is 2.29. The minimum Gasteiger partial charge on any atom is -0.478 e. The Balaban J connectivity index is 2.31. The molecule has 0 atom stereocenters. The zero-order valence-electron chi connectivity index (χ0n) is 10.1. The summed E-state index contributed by atoms with van der Waals surface area (Å²) in [5, 5.41) is 8.86. The van der Waals surface area contributed by atoms with E-state index in [9.17, 15) is 18.0 Å². The summed E-state index contributed by atoms with van der Waals surface area (Å²) >= 11 is 5.66. The Bertz CT molecular complexity index is 692. The Morgan fingerprint density at radius 1 is 1.29 bits per heavy atom. The van der Waals surface area contributed by atoms with E-state index >= 15 is 0 Å². The number of carbonyl (C=O) groups is 1. The van der Waals surface area contributed by atoms with Gasteiger partial charge in [0.25, 0.3) is 0 Å². The summed E-state index contributed by atoms with van der Waals surface area (Å²) in [6.07, 6.45) is -3.74. The Morgan fingerprint density at radius 3 is 2.62 bits per heavy atom. The van der Waals surface area contributed by atoms with Gasteiger partial charge < -0.3 is 9.84 Å². The van der Waals surface area contributed by atoms with Crippen LogP contribution in [0.5, 0.6) is 11.8 Å². The minimum absolute atomic E-state index is 0.0280. The van der Waals surface area contributed by atoms with Gasteiger partial charge >= 0.3 is 18.2 Å². The first-order chi connectivity index (χ1) is 9.77. The summed E-state index contributed by atoms with van der Waals surface area (Å²) in [5.41, 5.74) is -1.42. The number of carboxylic acids is 1. The molecule has 0 aliphatic heterocycles. The van der Waals surface area contributed by atoms with Gasteiger partial charge in [0.1, 0.15) is 5.75 Å². The van der Waals surface area contributed by atoms with E-state index in [4.69, 9.17) is 21.4 Å². The lowest BCUT2D eigenvalue weighted by molar-refractivity contribution is -0.141. The number of ether oxygens (including phenoxy) is 1. The molecule has 0 radical (unpaired) electrons. The van der Waals surface area contributed by atoms with E-state index in [0.717, 1.165) is 12.3 Å². The largest absolute Gasteiger partial charge is 0.478 e. The second kappa shape index (κ2) is 5.57. The van der Waals surface area contributed by atoms with Crippen LogP contribution in [-0.4, -0.2) is 21.0 Å². The van der Waals surface area contributed by atoms with E-state index in [1.54, 1.807) is 0 Å². The predicted molar refractivity (Wildman–Crippen MR) is 65.5 cm³/mol. The van der Waals surface area contributed by atoms with Gasteiger partial charge in [-0.25, -0.2) is 9.78 Å². The van der Waals surface area contributed by atoms with Crippen molar-refractivity contribution >= 4 is 17.6 Å². The zero-order chi connectivity index (χ0) is 15.6. The number of hydrogen-bond donors (Lipinski definition) is 1. The number of alkyl halides is 3. The molecule has 0 aliphatic carbocycles. The van der Waals surface area contributed by atoms with Gasteiger partial charge in [-0.3, -0.25) is 0 Å². The first-order valence-electron chi connectivity index (χ1n) is 5.38. The van der Waals surface area contributed by atoms with Gasteiger partial charge in [0.05, 0.1) is 10.6 Å². The summed E-state index contributed by atoms with van der Waals surface area (Å²) < 4.78 is 42.5. The first-order valence-corrected chi connectivity index (χ1v) is 5.76. The second-order valence-electron chi connectivity index (χ2n) is 3.77. The zero-order valence-corrected chi connectivity index (χ0v) is 10.8. The van der Waals surface area contributed by atoms with E-state index in [1.807, 2.05) is 0 Å². The fourth-order valence-electron chi connectivity index (χ4n) is 1.39. The third-order valence-electron chi connectivity index (χ3n) is 2.30. The molecule has 0 fully saturated rings. The van der Waals surface area contributed by atoms with Crippen LogP contribution < -0.4 is 4.74 Å². The normalized spacial score (nSPS) is 11.2. The Morgan fingerprint density at radius 2 is 2.00 bits per heavy atom. The predicted octanol–water partition coefficient (Wildman–Crippen LogP) is 3.64. The lowest BCUT2D eigenvalue weighted by atomic mass is 10.2. The van der Waals surface area contributed by atoms with Crippen LogP contribution in [0.1, 0.15) is 16.1 Å². The molecule has 1 N–H and O–H groups in total. The SMILES string of the molecule is O=C(O)c1cc(Oc2nccc(C(F)(F)F)n2)ccc1Cl. The summed E-state index contributed by atoms with van der Waals surface area (Å²) in [5.74, 6) is -1.34. The molecule has 0 spiro atoms. The topological polar surface area (TPSA) is 72.3 Å². The minimum atomic E-state index is -4.63. The number of rotatable bonds is 3. The van der Waals surface area contributed by atoms with Gasteiger partial charge in [-0.1, -0.05) is 11.6 Å². The smallest absolute Gasteiger partial charge is 0.433 e. The van der Waals surface area contributed by atoms with Gasteiger partial charge in [0.15, 0.2) is 5.69 Å². The van der Waals surface area contributed by atoms with Crippen molar-refractivity contribution in [1.29, 1.82) is 0 Å². The van der Waals surface area contributed by atoms with Crippen molar-refractivity contribution in [2.75, 3.05) is 0 Å². The van der Waals surface area contributed by atoms with Gasteiger partial charge in [-0.05, 0) is 24.3 Å². The fourth-order valence-corrected chi connectivity index (χ4v) is 1.58. The summed E-state index contributed by atoms with van der Waals surface area (Å²) in [7, 11) is 0. The van der Waals surface area contributed by atoms with E-state index in [2.05, 4.69) is 9.97 Å². The van der Waals surface area contributed by atoms with Crippen LogP contribution in [0.4, 0.5) is 13.2 Å². The van der Waals surface area contributed by atoms with E-state index in [1.165, 1.54) is 12.1 Å². The Hall–Kier alpha value is -2.35. The number of benzene rings is 1. The van der Waals surface area contributed by atoms with Crippen LogP contribution in [0.2, 0.25) is 5.02 Å². The molecule has 1 heterocycles. The van der Waals surface area contributed by atoms with Gasteiger partial charge in [-0.2, -0.15) is 18.2 Å². The molecule has 0 amide bonds. The number of carboxylic acid groups (broad SMARTS) is 1. The third kappa shape index (κ3) is 3.60. The molecule has 110 valence electrons. The monoisotopic (exact) mass is 318 g/mol. The number of halogens is 4. The van der Waals surface area contributed by atoms with Crippen LogP contribution in [-0.2, 0) is 6.18 Å². The molecule has 0 aliphatic rings. The average molecular weight is 319 g/mol. The molecular formula is C12H6ClF3N2O3. The molecule has 0 unspecified atom stereocenters. The number of hydrogen-bond acceptors (Lipinski definition) is 4. The molecule has 1 aromatic heterocycles. The van der Waals surface area contributed by atoms with Crippen molar-refractivity contribution in [3.63, 3.8) is 0 Å². The molecule has 0 bridgehead atoms. The fraction of sp³-hybridized carbons (Fsp3) is 0.0833. The molecule has 5 nitrogen and oxygen atoms in total. The van der Waals surface area contributed by atoms with E-state index in [0.29, 0.717) is 6.07 Å². The summed E-state index contributed by atoms with van der Waals surface area (Å²) in [6, 6.07) is 3.74. The van der Waals surface area contributed by atoms with E-state index < -0.39 is 23.8 Å². The number of aromatic carboxylic acids is 1. The second-order valence-corrected chi connectivity index (χ2v) is 4.18. The van der Waals surface area contributed by atoms with Crippen molar-refractivity contribution in [3.05, 3.63) is 46.7 Å². The highest BCUT2D eigenvalue weighted by Gasteiger charge is 2.33. The van der Waals surface area contributed by atoms with Crippen molar-refractivity contribution in [2.24, 2.45) is 0 Å².